The highest BCUT2D eigenvalue weighted by Crippen LogP contribution is 2.31. The molecule has 0 aliphatic carbocycles. The van der Waals surface area contributed by atoms with Gasteiger partial charge in [0, 0.05) is 37.7 Å². The quantitative estimate of drug-likeness (QED) is 0.493. The van der Waals surface area contributed by atoms with E-state index in [-0.39, 0.29) is 4.90 Å². The van der Waals surface area contributed by atoms with E-state index in [0.717, 1.165) is 11.1 Å². The second-order valence-electron chi connectivity index (χ2n) is 7.11. The van der Waals surface area contributed by atoms with Crippen molar-refractivity contribution in [2.45, 2.75) is 35.5 Å². The normalized spacial score (nSPS) is 27.9. The van der Waals surface area contributed by atoms with Crippen molar-refractivity contribution in [3.8, 4) is 0 Å². The minimum atomic E-state index is -4.14. The number of ether oxygens (including phenoxy) is 2. The molecule has 0 spiro atoms. The molecule has 29 heavy (non-hydrogen) atoms. The summed E-state index contributed by atoms with van der Waals surface area (Å²) in [5, 5.41) is 31.5. The average Bonchev–Trinajstić information content (AvgIpc) is 2.70. The number of nitrogens with zero attached hydrogens (tertiary/aromatic N) is 1. The van der Waals surface area contributed by atoms with E-state index >= 15 is 0 Å². The topological polar surface area (TPSA) is 129 Å². The standard InChI is InChI=1S/C19H26N2O7S/c1-21(2)13-8-4-7-12-11(13)6-5-9-15(12)29(25,26)20-16-17(23)14(10-22)28-19(27-3)18(16)24/h4-9,14,16-20,22-24H,10H2,1-3H3/t14-,16-,17-,18+,19+/m1/s1. The number of hydrogen-bond acceptors (Lipinski definition) is 8. The predicted molar refractivity (Wildman–Crippen MR) is 107 cm³/mol. The van der Waals surface area contributed by atoms with Crippen LogP contribution >= 0.6 is 0 Å². The SMILES string of the molecule is CO[C@H]1O[C@H](CO)[C@@H](O)[C@@H](NS(=O)(=O)c2cccc3c(N(C)C)cccc23)[C@@H]1O. The maximum atomic E-state index is 13.2. The molecule has 0 saturated carbocycles. The van der Waals surface area contributed by atoms with Crippen molar-refractivity contribution in [2.75, 3.05) is 32.7 Å². The van der Waals surface area contributed by atoms with Crippen LogP contribution in [0.3, 0.4) is 0 Å². The third kappa shape index (κ3) is 4.10. The lowest BCUT2D eigenvalue weighted by Gasteiger charge is -2.41. The highest BCUT2D eigenvalue weighted by molar-refractivity contribution is 7.89. The van der Waals surface area contributed by atoms with Gasteiger partial charge in [-0.25, -0.2) is 13.1 Å². The highest BCUT2D eigenvalue weighted by Gasteiger charge is 2.46. The zero-order chi connectivity index (χ0) is 21.3. The molecule has 0 amide bonds. The fourth-order valence-electron chi connectivity index (χ4n) is 3.55. The number of sulfonamides is 1. The lowest BCUT2D eigenvalue weighted by atomic mass is 9.97. The van der Waals surface area contributed by atoms with E-state index in [9.17, 15) is 23.7 Å². The summed E-state index contributed by atoms with van der Waals surface area (Å²) in [5.41, 5.74) is 0.852. The summed E-state index contributed by atoms with van der Waals surface area (Å²) < 4.78 is 39.0. The Morgan fingerprint density at radius 2 is 1.76 bits per heavy atom. The minimum absolute atomic E-state index is 0.0131. The lowest BCUT2D eigenvalue weighted by molar-refractivity contribution is -0.269. The molecule has 1 heterocycles. The predicted octanol–water partition coefficient (Wildman–Crippen LogP) is -0.362. The molecule has 0 bridgehead atoms. The maximum Gasteiger partial charge on any atom is 0.241 e. The van der Waals surface area contributed by atoms with Crippen LogP contribution in [-0.4, -0.2) is 82.2 Å². The van der Waals surface area contributed by atoms with Crippen molar-refractivity contribution < 1.29 is 33.2 Å². The molecule has 10 heteroatoms. The second-order valence-corrected chi connectivity index (χ2v) is 8.79. The van der Waals surface area contributed by atoms with Crippen molar-refractivity contribution in [3.63, 3.8) is 0 Å². The Labute approximate surface area is 169 Å². The first-order valence-electron chi connectivity index (χ1n) is 9.08. The Morgan fingerprint density at radius 3 is 2.38 bits per heavy atom. The van der Waals surface area contributed by atoms with Gasteiger partial charge in [-0.2, -0.15) is 0 Å². The van der Waals surface area contributed by atoms with Crippen molar-refractivity contribution in [1.29, 1.82) is 0 Å². The van der Waals surface area contributed by atoms with E-state index in [0.29, 0.717) is 5.39 Å². The average molecular weight is 426 g/mol. The Bertz CT molecular complexity index is 950. The molecule has 1 aliphatic rings. The van der Waals surface area contributed by atoms with Gasteiger partial charge in [-0.3, -0.25) is 0 Å². The third-order valence-corrected chi connectivity index (χ3v) is 6.56. The molecule has 4 N–H and O–H groups in total. The third-order valence-electron chi connectivity index (χ3n) is 5.04. The summed E-state index contributed by atoms with van der Waals surface area (Å²) >= 11 is 0. The Morgan fingerprint density at radius 1 is 1.10 bits per heavy atom. The maximum absolute atomic E-state index is 13.2. The zero-order valence-corrected chi connectivity index (χ0v) is 17.2. The van der Waals surface area contributed by atoms with E-state index in [1.165, 1.54) is 13.2 Å². The summed E-state index contributed by atoms with van der Waals surface area (Å²) in [6, 6.07) is 8.93. The monoisotopic (exact) mass is 426 g/mol. The smallest absolute Gasteiger partial charge is 0.241 e. The first-order valence-corrected chi connectivity index (χ1v) is 10.6. The lowest BCUT2D eigenvalue weighted by Crippen LogP contribution is -2.64. The van der Waals surface area contributed by atoms with E-state index in [4.69, 9.17) is 9.47 Å². The molecular formula is C19H26N2O7S. The van der Waals surface area contributed by atoms with Crippen molar-refractivity contribution in [3.05, 3.63) is 36.4 Å². The van der Waals surface area contributed by atoms with E-state index in [1.54, 1.807) is 18.2 Å². The van der Waals surface area contributed by atoms with Crippen LogP contribution in [0.25, 0.3) is 10.8 Å². The molecule has 3 rings (SSSR count). The fraction of sp³-hybridized carbons (Fsp3) is 0.474. The molecule has 0 radical (unpaired) electrons. The van der Waals surface area contributed by atoms with Crippen LogP contribution in [-0.2, 0) is 19.5 Å². The number of fused-ring (bicyclic) bond motifs is 1. The van der Waals surface area contributed by atoms with Gasteiger partial charge < -0.3 is 29.7 Å². The Balaban J connectivity index is 2.02. The van der Waals surface area contributed by atoms with Gasteiger partial charge in [0.05, 0.1) is 17.5 Å². The Kier molecular flexibility index (Phi) is 6.44. The summed E-state index contributed by atoms with van der Waals surface area (Å²) in [6.07, 6.45) is -5.25. The van der Waals surface area contributed by atoms with Gasteiger partial charge in [0.1, 0.15) is 18.3 Å². The van der Waals surface area contributed by atoms with Crippen LogP contribution in [0.5, 0.6) is 0 Å². The summed E-state index contributed by atoms with van der Waals surface area (Å²) in [4.78, 5) is 1.90. The van der Waals surface area contributed by atoms with E-state index in [1.807, 2.05) is 31.1 Å². The molecule has 1 aliphatic heterocycles. The second kappa shape index (κ2) is 8.52. The minimum Gasteiger partial charge on any atom is -0.394 e. The molecular weight excluding hydrogens is 400 g/mol. The number of methoxy groups -OCH3 is 1. The van der Waals surface area contributed by atoms with Crippen LogP contribution in [0.15, 0.2) is 41.3 Å². The van der Waals surface area contributed by atoms with Crippen molar-refractivity contribution in [2.24, 2.45) is 0 Å². The number of rotatable bonds is 6. The fourth-order valence-corrected chi connectivity index (χ4v) is 5.04. The van der Waals surface area contributed by atoms with Gasteiger partial charge in [-0.15, -0.1) is 0 Å². The molecule has 9 nitrogen and oxygen atoms in total. The van der Waals surface area contributed by atoms with Gasteiger partial charge in [0.15, 0.2) is 6.29 Å². The number of aliphatic hydroxyl groups excluding tert-OH is 3. The molecule has 0 aromatic heterocycles. The Hall–Kier alpha value is -1.79. The van der Waals surface area contributed by atoms with Crippen LogP contribution < -0.4 is 9.62 Å². The highest BCUT2D eigenvalue weighted by atomic mass is 32.2. The molecule has 1 saturated heterocycles. The van der Waals surface area contributed by atoms with Gasteiger partial charge in [0.2, 0.25) is 10.0 Å². The van der Waals surface area contributed by atoms with Gasteiger partial charge in [0.25, 0.3) is 0 Å². The first-order chi connectivity index (χ1) is 13.7. The number of nitrogens with one attached hydrogen (secondary N) is 1. The molecule has 0 unspecified atom stereocenters. The van der Waals surface area contributed by atoms with Gasteiger partial charge in [-0.1, -0.05) is 24.3 Å². The molecule has 2 aromatic carbocycles. The van der Waals surface area contributed by atoms with Crippen LogP contribution in [0, 0.1) is 0 Å². The zero-order valence-electron chi connectivity index (χ0n) is 16.4. The van der Waals surface area contributed by atoms with Gasteiger partial charge >= 0.3 is 0 Å². The number of aliphatic hydroxyl groups is 3. The summed E-state index contributed by atoms with van der Waals surface area (Å²) in [7, 11) is 0.865. The molecule has 2 aromatic rings. The van der Waals surface area contributed by atoms with Crippen molar-refractivity contribution >= 4 is 26.5 Å². The van der Waals surface area contributed by atoms with Crippen molar-refractivity contribution in [1.82, 2.24) is 4.72 Å². The first kappa shape index (κ1) is 21.9. The number of hydrogen-bond donors (Lipinski definition) is 4. The largest absolute Gasteiger partial charge is 0.394 e. The summed E-state index contributed by atoms with van der Waals surface area (Å²) in [6.45, 7) is -0.563. The number of anilines is 1. The van der Waals surface area contributed by atoms with Crippen LogP contribution in [0.1, 0.15) is 0 Å². The van der Waals surface area contributed by atoms with E-state index in [2.05, 4.69) is 4.72 Å². The summed E-state index contributed by atoms with van der Waals surface area (Å²) in [5.74, 6) is 0. The van der Waals surface area contributed by atoms with Crippen LogP contribution in [0.2, 0.25) is 0 Å². The van der Waals surface area contributed by atoms with Crippen LogP contribution in [0.4, 0.5) is 5.69 Å². The van der Waals surface area contributed by atoms with Gasteiger partial charge in [-0.05, 0) is 12.1 Å². The molecule has 160 valence electrons. The molecule has 5 atom stereocenters. The molecule has 1 fully saturated rings. The number of benzene rings is 2. The van der Waals surface area contributed by atoms with E-state index < -0.39 is 47.3 Å².